The molecule has 0 saturated carbocycles. The Hall–Kier alpha value is -2.76. The Balaban J connectivity index is 1.60. The summed E-state index contributed by atoms with van der Waals surface area (Å²) in [6.07, 6.45) is 4.98. The van der Waals surface area contributed by atoms with Crippen molar-refractivity contribution >= 4 is 16.9 Å². The highest BCUT2D eigenvalue weighted by molar-refractivity contribution is 5.86. The summed E-state index contributed by atoms with van der Waals surface area (Å²) in [6, 6.07) is 6.39. The summed E-state index contributed by atoms with van der Waals surface area (Å²) in [5.41, 5.74) is 7.60. The zero-order valence-electron chi connectivity index (χ0n) is 17.7. The van der Waals surface area contributed by atoms with Crippen molar-refractivity contribution in [2.75, 3.05) is 13.6 Å². The predicted molar refractivity (Wildman–Crippen MR) is 117 cm³/mol. The minimum atomic E-state index is 0.742. The van der Waals surface area contributed by atoms with Gasteiger partial charge in [0.05, 0.1) is 5.69 Å². The molecule has 0 radical (unpaired) electrons. The van der Waals surface area contributed by atoms with Crippen molar-refractivity contribution in [3.8, 4) is 0 Å². The molecule has 150 valence electrons. The molecule has 2 heterocycles. The number of rotatable bonds is 7. The summed E-state index contributed by atoms with van der Waals surface area (Å²) in [5, 5.41) is 12.9. The lowest BCUT2D eigenvalue weighted by molar-refractivity contribution is 0.702. The molecule has 1 aromatic carbocycles. The Morgan fingerprint density at radius 2 is 2.04 bits per heavy atom. The lowest BCUT2D eigenvalue weighted by atomic mass is 10.1. The number of aliphatic imine (C=N–C) groups is 1. The van der Waals surface area contributed by atoms with E-state index in [4.69, 9.17) is 0 Å². The van der Waals surface area contributed by atoms with Gasteiger partial charge in [0.2, 0.25) is 0 Å². The molecular formula is C22H32N6. The van der Waals surface area contributed by atoms with E-state index in [9.17, 15) is 0 Å². The maximum Gasteiger partial charge on any atom is 0.191 e. The first-order valence-corrected chi connectivity index (χ1v) is 10.1. The number of nitrogens with zero attached hydrogens (tertiary/aromatic N) is 3. The van der Waals surface area contributed by atoms with Crippen LogP contribution in [0.3, 0.4) is 0 Å². The third-order valence-corrected chi connectivity index (χ3v) is 5.37. The number of guanidine groups is 1. The highest BCUT2D eigenvalue weighted by atomic mass is 15.3. The lowest BCUT2D eigenvalue weighted by Crippen LogP contribution is -2.38. The van der Waals surface area contributed by atoms with Crippen LogP contribution >= 0.6 is 0 Å². The van der Waals surface area contributed by atoms with Crippen molar-refractivity contribution in [3.05, 3.63) is 52.5 Å². The van der Waals surface area contributed by atoms with Gasteiger partial charge in [-0.15, -0.1) is 0 Å². The van der Waals surface area contributed by atoms with Gasteiger partial charge in [-0.25, -0.2) is 0 Å². The Morgan fingerprint density at radius 3 is 2.75 bits per heavy atom. The van der Waals surface area contributed by atoms with Crippen molar-refractivity contribution in [1.82, 2.24) is 25.4 Å². The average Bonchev–Trinajstić information content (AvgIpc) is 3.25. The summed E-state index contributed by atoms with van der Waals surface area (Å²) in [7, 11) is 3.84. The normalized spacial score (nSPS) is 12.0. The van der Waals surface area contributed by atoms with E-state index >= 15 is 0 Å². The molecule has 0 bridgehead atoms. The van der Waals surface area contributed by atoms with E-state index in [-0.39, 0.29) is 0 Å². The molecule has 6 heteroatoms. The predicted octanol–water partition coefficient (Wildman–Crippen LogP) is 3.24. The highest BCUT2D eigenvalue weighted by Gasteiger charge is 2.14. The van der Waals surface area contributed by atoms with Crippen LogP contribution in [0.4, 0.5) is 0 Å². The van der Waals surface area contributed by atoms with Crippen LogP contribution in [0.25, 0.3) is 10.9 Å². The fourth-order valence-corrected chi connectivity index (χ4v) is 3.95. The number of hydrogen-bond donors (Lipinski definition) is 3. The fourth-order valence-electron chi connectivity index (χ4n) is 3.95. The van der Waals surface area contributed by atoms with Crippen molar-refractivity contribution in [2.24, 2.45) is 12.0 Å². The first-order valence-electron chi connectivity index (χ1n) is 10.1. The zero-order valence-corrected chi connectivity index (χ0v) is 17.7. The first-order chi connectivity index (χ1) is 13.6. The number of aryl methyl sites for hydroxylation is 3. The van der Waals surface area contributed by atoms with Gasteiger partial charge in [0, 0.05) is 55.5 Å². The molecule has 6 nitrogen and oxygen atoms in total. The van der Waals surface area contributed by atoms with Crippen LogP contribution in [0.2, 0.25) is 0 Å². The molecule has 28 heavy (non-hydrogen) atoms. The Kier molecular flexibility index (Phi) is 6.39. The van der Waals surface area contributed by atoms with E-state index in [2.05, 4.69) is 70.9 Å². The number of aromatic amines is 1. The number of aromatic nitrogens is 3. The van der Waals surface area contributed by atoms with Crippen molar-refractivity contribution in [1.29, 1.82) is 0 Å². The zero-order chi connectivity index (χ0) is 20.1. The van der Waals surface area contributed by atoms with Crippen LogP contribution < -0.4 is 10.6 Å². The second kappa shape index (κ2) is 8.95. The van der Waals surface area contributed by atoms with E-state index < -0.39 is 0 Å². The molecule has 0 amide bonds. The molecule has 0 unspecified atom stereocenters. The maximum atomic E-state index is 4.65. The Morgan fingerprint density at radius 1 is 1.21 bits per heavy atom. The molecule has 2 aromatic heterocycles. The van der Waals surface area contributed by atoms with Crippen molar-refractivity contribution in [2.45, 2.75) is 46.6 Å². The van der Waals surface area contributed by atoms with Crippen LogP contribution in [0.1, 0.15) is 41.9 Å². The number of benzene rings is 1. The second-order valence-corrected chi connectivity index (χ2v) is 7.12. The molecule has 0 aliphatic heterocycles. The summed E-state index contributed by atoms with van der Waals surface area (Å²) < 4.78 is 2.01. The van der Waals surface area contributed by atoms with Gasteiger partial charge in [-0.3, -0.25) is 9.67 Å². The quantitative estimate of drug-likeness (QED) is 0.435. The van der Waals surface area contributed by atoms with E-state index in [1.807, 2.05) is 18.8 Å². The van der Waals surface area contributed by atoms with Gasteiger partial charge in [0.1, 0.15) is 0 Å². The van der Waals surface area contributed by atoms with Gasteiger partial charge >= 0.3 is 0 Å². The summed E-state index contributed by atoms with van der Waals surface area (Å²) >= 11 is 0. The van der Waals surface area contributed by atoms with Gasteiger partial charge in [0.25, 0.3) is 0 Å². The molecule has 0 atom stereocenters. The van der Waals surface area contributed by atoms with Gasteiger partial charge in [-0.05, 0) is 43.4 Å². The van der Waals surface area contributed by atoms with Crippen molar-refractivity contribution < 1.29 is 0 Å². The Bertz CT molecular complexity index is 963. The minimum absolute atomic E-state index is 0.742. The molecule has 0 fully saturated rings. The second-order valence-electron chi connectivity index (χ2n) is 7.12. The van der Waals surface area contributed by atoms with Crippen LogP contribution in [0, 0.1) is 6.92 Å². The summed E-state index contributed by atoms with van der Waals surface area (Å²) in [6.45, 7) is 8.07. The lowest BCUT2D eigenvalue weighted by Gasteiger charge is -2.13. The molecule has 3 N–H and O–H groups in total. The Labute approximate surface area is 167 Å². The van der Waals surface area contributed by atoms with Gasteiger partial charge in [-0.1, -0.05) is 26.0 Å². The SMILES string of the molecule is CCc1nn(C)c(CC)c1CNC(=NC)NCCc1c[nH]c2cccc(C)c12. The monoisotopic (exact) mass is 380 g/mol. The number of hydrogen-bond acceptors (Lipinski definition) is 2. The summed E-state index contributed by atoms with van der Waals surface area (Å²) in [4.78, 5) is 7.75. The summed E-state index contributed by atoms with van der Waals surface area (Å²) in [5.74, 6) is 0.824. The third kappa shape index (κ3) is 4.06. The third-order valence-electron chi connectivity index (χ3n) is 5.37. The van der Waals surface area contributed by atoms with Crippen molar-refractivity contribution in [3.63, 3.8) is 0 Å². The topological polar surface area (TPSA) is 70.0 Å². The van der Waals surface area contributed by atoms with Crippen LogP contribution in [-0.4, -0.2) is 34.3 Å². The number of fused-ring (bicyclic) bond motifs is 1. The fraction of sp³-hybridized carbons (Fsp3) is 0.455. The average molecular weight is 381 g/mol. The number of H-pyrrole nitrogens is 1. The maximum absolute atomic E-state index is 4.65. The van der Waals surface area contributed by atoms with E-state index in [0.29, 0.717) is 0 Å². The molecule has 0 spiro atoms. The van der Waals surface area contributed by atoms with E-state index in [1.165, 1.54) is 33.3 Å². The molecule has 0 aliphatic rings. The standard InChI is InChI=1S/C22H32N6/c1-6-18-17(20(7-2)28(5)27-18)14-26-22(23-4)24-12-11-16-13-25-19-10-8-9-15(3)21(16)19/h8-10,13,25H,6-7,11-12,14H2,1-5H3,(H2,23,24,26). The minimum Gasteiger partial charge on any atom is -0.361 e. The molecule has 0 saturated heterocycles. The first kappa shape index (κ1) is 20.0. The largest absolute Gasteiger partial charge is 0.361 e. The number of nitrogens with one attached hydrogen (secondary N) is 3. The van der Waals surface area contributed by atoms with Gasteiger partial charge < -0.3 is 15.6 Å². The molecule has 3 rings (SSSR count). The van der Waals surface area contributed by atoms with Crippen LogP contribution in [-0.2, 0) is 32.9 Å². The van der Waals surface area contributed by atoms with Gasteiger partial charge in [0.15, 0.2) is 5.96 Å². The molecule has 0 aliphatic carbocycles. The van der Waals surface area contributed by atoms with E-state index in [1.54, 1.807) is 0 Å². The van der Waals surface area contributed by atoms with Crippen LogP contribution in [0.5, 0.6) is 0 Å². The molecular weight excluding hydrogens is 348 g/mol. The van der Waals surface area contributed by atoms with Crippen LogP contribution in [0.15, 0.2) is 29.4 Å². The van der Waals surface area contributed by atoms with E-state index in [0.717, 1.165) is 44.0 Å². The van der Waals surface area contributed by atoms with Gasteiger partial charge in [-0.2, -0.15) is 5.10 Å². The highest BCUT2D eigenvalue weighted by Crippen LogP contribution is 2.22. The smallest absolute Gasteiger partial charge is 0.191 e. The molecule has 3 aromatic rings.